The van der Waals surface area contributed by atoms with Crippen LogP contribution in [0.3, 0.4) is 0 Å². The molecule has 0 aliphatic rings. The van der Waals surface area contributed by atoms with Crippen LogP contribution >= 0.6 is 0 Å². The van der Waals surface area contributed by atoms with Crippen molar-refractivity contribution in [1.29, 1.82) is 5.26 Å². The molecule has 1 nitrogen and oxygen atoms in total. The van der Waals surface area contributed by atoms with Crippen molar-refractivity contribution >= 4 is 0 Å². The first-order valence-electron chi connectivity index (χ1n) is 5.23. The van der Waals surface area contributed by atoms with Gasteiger partial charge in [0.1, 0.15) is 0 Å². The Labute approximate surface area is 82.5 Å². The molecule has 0 bridgehead atoms. The first kappa shape index (κ1) is 12.2. The zero-order chi connectivity index (χ0) is 10.1. The van der Waals surface area contributed by atoms with E-state index >= 15 is 0 Å². The quantitative estimate of drug-likeness (QED) is 0.429. The van der Waals surface area contributed by atoms with Gasteiger partial charge in [0.2, 0.25) is 0 Å². The van der Waals surface area contributed by atoms with Crippen LogP contribution in [0.25, 0.3) is 0 Å². The maximum absolute atomic E-state index is 8.83. The van der Waals surface area contributed by atoms with E-state index in [-0.39, 0.29) is 5.92 Å². The summed E-state index contributed by atoms with van der Waals surface area (Å²) in [6, 6.07) is 2.37. The van der Waals surface area contributed by atoms with Crippen molar-refractivity contribution in [3.63, 3.8) is 0 Å². The molecule has 0 aromatic rings. The summed E-state index contributed by atoms with van der Waals surface area (Å²) in [5, 5.41) is 8.83. The van der Waals surface area contributed by atoms with Gasteiger partial charge in [0, 0.05) is 5.92 Å². The summed E-state index contributed by atoms with van der Waals surface area (Å²) in [6.07, 6.45) is 7.77. The lowest BCUT2D eigenvalue weighted by atomic mass is 9.92. The standard InChI is InChI=1S/C12H21N/c1-4-5-6-7-8-9-12(10-13)11(2)3/h4,11-12H,1,5-9H2,2-3H3. The lowest BCUT2D eigenvalue weighted by Crippen LogP contribution is -2.05. The van der Waals surface area contributed by atoms with Gasteiger partial charge in [-0.3, -0.25) is 0 Å². The Kier molecular flexibility index (Phi) is 7.39. The van der Waals surface area contributed by atoms with E-state index in [9.17, 15) is 0 Å². The minimum absolute atomic E-state index is 0.253. The Morgan fingerprint density at radius 3 is 2.46 bits per heavy atom. The third-order valence-corrected chi connectivity index (χ3v) is 2.39. The minimum atomic E-state index is 0.253. The van der Waals surface area contributed by atoms with E-state index in [1.165, 1.54) is 19.3 Å². The van der Waals surface area contributed by atoms with Crippen molar-refractivity contribution in [1.82, 2.24) is 0 Å². The van der Waals surface area contributed by atoms with Gasteiger partial charge < -0.3 is 0 Å². The molecule has 0 aliphatic carbocycles. The van der Waals surface area contributed by atoms with Gasteiger partial charge in [-0.1, -0.05) is 32.8 Å². The molecule has 1 heteroatoms. The molecular weight excluding hydrogens is 158 g/mol. The number of allylic oxidation sites excluding steroid dienone is 1. The summed E-state index contributed by atoms with van der Waals surface area (Å²) in [7, 11) is 0. The summed E-state index contributed by atoms with van der Waals surface area (Å²) in [5.41, 5.74) is 0. The summed E-state index contributed by atoms with van der Waals surface area (Å²) in [6.45, 7) is 7.93. The molecule has 1 unspecified atom stereocenters. The molecule has 0 aromatic heterocycles. The number of unbranched alkanes of at least 4 members (excludes halogenated alkanes) is 3. The molecule has 0 amide bonds. The molecular formula is C12H21N. The zero-order valence-corrected chi connectivity index (χ0v) is 8.92. The van der Waals surface area contributed by atoms with E-state index in [2.05, 4.69) is 26.5 Å². The van der Waals surface area contributed by atoms with Gasteiger partial charge in [0.05, 0.1) is 6.07 Å². The first-order chi connectivity index (χ1) is 6.22. The highest BCUT2D eigenvalue weighted by Gasteiger charge is 2.10. The van der Waals surface area contributed by atoms with Crippen molar-refractivity contribution in [2.24, 2.45) is 11.8 Å². The van der Waals surface area contributed by atoms with Crippen LogP contribution in [0, 0.1) is 23.2 Å². The molecule has 0 aliphatic heterocycles. The van der Waals surface area contributed by atoms with E-state index in [0.29, 0.717) is 5.92 Å². The molecule has 0 spiro atoms. The van der Waals surface area contributed by atoms with Gasteiger partial charge in [0.15, 0.2) is 0 Å². The fourth-order valence-electron chi connectivity index (χ4n) is 1.38. The van der Waals surface area contributed by atoms with Crippen LogP contribution in [0.2, 0.25) is 0 Å². The third kappa shape index (κ3) is 6.40. The van der Waals surface area contributed by atoms with Crippen LogP contribution < -0.4 is 0 Å². The normalized spacial score (nSPS) is 12.5. The molecule has 0 aromatic carbocycles. The largest absolute Gasteiger partial charge is 0.198 e. The maximum Gasteiger partial charge on any atom is 0.0658 e. The lowest BCUT2D eigenvalue weighted by Gasteiger charge is -2.11. The van der Waals surface area contributed by atoms with Gasteiger partial charge in [-0.2, -0.15) is 5.26 Å². The Balaban J connectivity index is 3.40. The average molecular weight is 179 g/mol. The SMILES string of the molecule is C=CCCCCCC(C#N)C(C)C. The van der Waals surface area contributed by atoms with Crippen molar-refractivity contribution in [3.05, 3.63) is 12.7 Å². The summed E-state index contributed by atoms with van der Waals surface area (Å²) in [4.78, 5) is 0. The number of hydrogen-bond acceptors (Lipinski definition) is 1. The highest BCUT2D eigenvalue weighted by atomic mass is 14.3. The molecule has 0 fully saturated rings. The van der Waals surface area contributed by atoms with Crippen molar-refractivity contribution in [2.45, 2.75) is 46.0 Å². The third-order valence-electron chi connectivity index (χ3n) is 2.39. The fraction of sp³-hybridized carbons (Fsp3) is 0.750. The smallest absolute Gasteiger partial charge is 0.0658 e. The second-order valence-electron chi connectivity index (χ2n) is 3.91. The predicted molar refractivity (Wildman–Crippen MR) is 57.2 cm³/mol. The van der Waals surface area contributed by atoms with Gasteiger partial charge >= 0.3 is 0 Å². The van der Waals surface area contributed by atoms with E-state index in [1.807, 2.05) is 6.08 Å². The molecule has 0 rings (SSSR count). The topological polar surface area (TPSA) is 23.8 Å². The van der Waals surface area contributed by atoms with E-state index in [0.717, 1.165) is 12.8 Å². The Morgan fingerprint density at radius 1 is 1.31 bits per heavy atom. The van der Waals surface area contributed by atoms with E-state index in [4.69, 9.17) is 5.26 Å². The number of rotatable bonds is 7. The van der Waals surface area contributed by atoms with Crippen molar-refractivity contribution in [3.8, 4) is 6.07 Å². The first-order valence-corrected chi connectivity index (χ1v) is 5.23. The molecule has 0 saturated heterocycles. The Bertz CT molecular complexity index is 164. The number of hydrogen-bond donors (Lipinski definition) is 0. The fourth-order valence-corrected chi connectivity index (χ4v) is 1.38. The lowest BCUT2D eigenvalue weighted by molar-refractivity contribution is 0.426. The van der Waals surface area contributed by atoms with Crippen LogP contribution in [0.15, 0.2) is 12.7 Å². The maximum atomic E-state index is 8.83. The highest BCUT2D eigenvalue weighted by Crippen LogP contribution is 2.17. The van der Waals surface area contributed by atoms with Gasteiger partial charge in [-0.15, -0.1) is 6.58 Å². The highest BCUT2D eigenvalue weighted by molar-refractivity contribution is 4.84. The Morgan fingerprint density at radius 2 is 2.00 bits per heavy atom. The zero-order valence-electron chi connectivity index (χ0n) is 8.92. The second kappa shape index (κ2) is 7.86. The molecule has 74 valence electrons. The van der Waals surface area contributed by atoms with E-state index in [1.54, 1.807) is 0 Å². The van der Waals surface area contributed by atoms with Crippen LogP contribution in [0.4, 0.5) is 0 Å². The summed E-state index contributed by atoms with van der Waals surface area (Å²) >= 11 is 0. The van der Waals surface area contributed by atoms with Crippen molar-refractivity contribution < 1.29 is 0 Å². The minimum Gasteiger partial charge on any atom is -0.198 e. The van der Waals surface area contributed by atoms with E-state index < -0.39 is 0 Å². The molecule has 0 saturated carbocycles. The van der Waals surface area contributed by atoms with Crippen molar-refractivity contribution in [2.75, 3.05) is 0 Å². The molecule has 13 heavy (non-hydrogen) atoms. The Hall–Kier alpha value is -0.770. The second-order valence-corrected chi connectivity index (χ2v) is 3.91. The summed E-state index contributed by atoms with van der Waals surface area (Å²) < 4.78 is 0. The van der Waals surface area contributed by atoms with Crippen LogP contribution in [-0.4, -0.2) is 0 Å². The summed E-state index contributed by atoms with van der Waals surface area (Å²) in [5.74, 6) is 0.758. The molecule has 0 heterocycles. The van der Waals surface area contributed by atoms with Gasteiger partial charge in [-0.25, -0.2) is 0 Å². The van der Waals surface area contributed by atoms with Gasteiger partial charge in [0.25, 0.3) is 0 Å². The van der Waals surface area contributed by atoms with Gasteiger partial charge in [-0.05, 0) is 25.2 Å². The van der Waals surface area contributed by atoms with Crippen LogP contribution in [0.5, 0.6) is 0 Å². The number of nitrogens with zero attached hydrogens (tertiary/aromatic N) is 1. The van der Waals surface area contributed by atoms with Crippen LogP contribution in [0.1, 0.15) is 46.0 Å². The monoisotopic (exact) mass is 179 g/mol. The van der Waals surface area contributed by atoms with Crippen LogP contribution in [-0.2, 0) is 0 Å². The molecule has 1 atom stereocenters. The number of nitriles is 1. The molecule has 0 N–H and O–H groups in total. The average Bonchev–Trinajstić information content (AvgIpc) is 2.10. The predicted octanol–water partition coefficient (Wildman–Crippen LogP) is 3.92. The molecule has 0 radical (unpaired) electrons.